The number of sulfonamides is 1. The maximum Gasteiger partial charge on any atom is 0.239 e. The van der Waals surface area contributed by atoms with E-state index < -0.39 is 45.2 Å². The molecule has 2 aromatic rings. The Kier molecular flexibility index (Phi) is 7.30. The Morgan fingerprint density at radius 2 is 1.65 bits per heavy atom. The fourth-order valence-corrected chi connectivity index (χ4v) is 6.16. The molecule has 6 nitrogen and oxygen atoms in total. The Balaban J connectivity index is 1.35. The van der Waals surface area contributed by atoms with E-state index in [9.17, 15) is 26.4 Å². The molecule has 0 radical (unpaired) electrons. The Labute approximate surface area is 197 Å². The van der Waals surface area contributed by atoms with Crippen LogP contribution in [0.3, 0.4) is 0 Å². The van der Waals surface area contributed by atoms with Gasteiger partial charge in [-0.05, 0) is 55.2 Å². The summed E-state index contributed by atoms with van der Waals surface area (Å²) in [6, 6.07) is 9.64. The van der Waals surface area contributed by atoms with Gasteiger partial charge in [-0.25, -0.2) is 26.3 Å². The van der Waals surface area contributed by atoms with Crippen LogP contribution in [0.2, 0.25) is 0 Å². The Bertz CT molecular complexity index is 1130. The maximum atomic E-state index is 14.0. The zero-order valence-electron chi connectivity index (χ0n) is 18.6. The summed E-state index contributed by atoms with van der Waals surface area (Å²) in [5.41, 5.74) is 7.13. The smallest absolute Gasteiger partial charge is 0.239 e. The summed E-state index contributed by atoms with van der Waals surface area (Å²) >= 11 is 0. The number of halogens is 3. The van der Waals surface area contributed by atoms with Crippen LogP contribution < -0.4 is 10.5 Å². The molecule has 0 saturated carbocycles. The molecule has 2 aromatic carbocycles. The van der Waals surface area contributed by atoms with Gasteiger partial charge in [0.2, 0.25) is 15.9 Å². The van der Waals surface area contributed by atoms with Crippen molar-refractivity contribution in [2.45, 2.75) is 56.8 Å². The van der Waals surface area contributed by atoms with Gasteiger partial charge in [0.15, 0.2) is 11.6 Å². The van der Waals surface area contributed by atoms with Crippen LogP contribution in [0.4, 0.5) is 13.2 Å². The number of amides is 1. The van der Waals surface area contributed by atoms with Gasteiger partial charge < -0.3 is 10.6 Å². The van der Waals surface area contributed by atoms with Gasteiger partial charge in [-0.1, -0.05) is 30.3 Å². The first-order chi connectivity index (χ1) is 16.1. The highest BCUT2D eigenvalue weighted by atomic mass is 32.2. The van der Waals surface area contributed by atoms with E-state index in [4.69, 9.17) is 5.73 Å². The van der Waals surface area contributed by atoms with E-state index in [0.29, 0.717) is 18.9 Å². The largest absolute Gasteiger partial charge is 0.336 e. The van der Waals surface area contributed by atoms with Crippen molar-refractivity contribution < 1.29 is 26.4 Å². The second-order valence-electron chi connectivity index (χ2n) is 9.21. The van der Waals surface area contributed by atoms with Gasteiger partial charge in [0.05, 0.1) is 0 Å². The molecular weight excluding hydrogens is 467 g/mol. The van der Waals surface area contributed by atoms with Gasteiger partial charge in [0.25, 0.3) is 0 Å². The van der Waals surface area contributed by atoms with Crippen LogP contribution in [0, 0.1) is 23.4 Å². The third-order valence-electron chi connectivity index (χ3n) is 6.86. The molecule has 10 heteroatoms. The summed E-state index contributed by atoms with van der Waals surface area (Å²) in [5, 5.41) is 0. The van der Waals surface area contributed by atoms with Crippen LogP contribution in [0.5, 0.6) is 0 Å². The molecule has 2 aliphatic heterocycles. The van der Waals surface area contributed by atoms with E-state index in [1.54, 1.807) is 17.0 Å². The predicted molar refractivity (Wildman–Crippen MR) is 121 cm³/mol. The molecule has 2 fully saturated rings. The summed E-state index contributed by atoms with van der Waals surface area (Å²) in [5.74, 6) is -4.30. The summed E-state index contributed by atoms with van der Waals surface area (Å²) < 4.78 is 68.2. The number of piperidine rings is 1. The lowest BCUT2D eigenvalue weighted by Gasteiger charge is -2.41. The number of nitrogens with one attached hydrogen (secondary N) is 1. The highest BCUT2D eigenvalue weighted by molar-refractivity contribution is 7.90. The molecular formula is C24H28F3N3O3S. The Morgan fingerprint density at radius 3 is 2.29 bits per heavy atom. The molecule has 2 bridgehead atoms. The molecule has 0 aromatic heterocycles. The van der Waals surface area contributed by atoms with Crippen molar-refractivity contribution in [3.63, 3.8) is 0 Å². The van der Waals surface area contributed by atoms with E-state index in [1.807, 2.05) is 18.2 Å². The molecule has 184 valence electrons. The minimum absolute atomic E-state index is 0.0211. The lowest BCUT2D eigenvalue weighted by molar-refractivity contribution is -0.133. The summed E-state index contributed by atoms with van der Waals surface area (Å²) in [7, 11) is -3.80. The van der Waals surface area contributed by atoms with Crippen LogP contribution in [-0.4, -0.2) is 43.1 Å². The Morgan fingerprint density at radius 1 is 1.03 bits per heavy atom. The average molecular weight is 496 g/mol. The number of carbonyl (C=O) groups is 1. The highest BCUT2D eigenvalue weighted by Gasteiger charge is 2.45. The number of hydrogen-bond donors (Lipinski definition) is 2. The number of nitrogens with zero attached hydrogens (tertiary/aromatic N) is 1. The van der Waals surface area contributed by atoms with Gasteiger partial charge in [0.1, 0.15) is 11.6 Å². The molecule has 2 aliphatic rings. The monoisotopic (exact) mass is 495 g/mol. The molecule has 0 spiro atoms. The number of benzene rings is 2. The van der Waals surface area contributed by atoms with Gasteiger partial charge in [-0.3, -0.25) is 4.79 Å². The highest BCUT2D eigenvalue weighted by Crippen LogP contribution is 2.40. The van der Waals surface area contributed by atoms with Gasteiger partial charge in [0, 0.05) is 30.7 Å². The molecule has 3 N–H and O–H groups in total. The van der Waals surface area contributed by atoms with Crippen molar-refractivity contribution in [2.24, 2.45) is 11.7 Å². The fraction of sp³-hybridized carbons (Fsp3) is 0.458. The third-order valence-corrected chi connectivity index (χ3v) is 8.07. The van der Waals surface area contributed by atoms with Gasteiger partial charge >= 0.3 is 0 Å². The number of nitrogens with two attached hydrogens (primary N) is 1. The molecule has 4 atom stereocenters. The van der Waals surface area contributed by atoms with Crippen LogP contribution in [0.1, 0.15) is 36.8 Å². The second kappa shape index (κ2) is 10.1. The minimum atomic E-state index is -3.80. The molecule has 2 saturated heterocycles. The molecule has 0 aliphatic carbocycles. The SMILES string of the molecule is N[C@H](Cc1cc(F)c(F)cc1F)C1CC2CC[C@@H](C1)N2C(=O)CS(=O)(=O)NCc1ccccc1. The van der Waals surface area contributed by atoms with Crippen molar-refractivity contribution in [3.8, 4) is 0 Å². The maximum absolute atomic E-state index is 14.0. The summed E-state index contributed by atoms with van der Waals surface area (Å²) in [6.45, 7) is 0.112. The van der Waals surface area contributed by atoms with E-state index in [-0.39, 0.29) is 36.5 Å². The van der Waals surface area contributed by atoms with Crippen molar-refractivity contribution in [1.82, 2.24) is 9.62 Å². The number of fused-ring (bicyclic) bond motifs is 2. The van der Waals surface area contributed by atoms with Crippen molar-refractivity contribution >= 4 is 15.9 Å². The molecule has 34 heavy (non-hydrogen) atoms. The zero-order valence-corrected chi connectivity index (χ0v) is 19.4. The molecule has 4 rings (SSSR count). The molecule has 2 heterocycles. The summed E-state index contributed by atoms with van der Waals surface area (Å²) in [4.78, 5) is 14.6. The van der Waals surface area contributed by atoms with Crippen molar-refractivity contribution in [3.05, 3.63) is 71.0 Å². The van der Waals surface area contributed by atoms with Crippen LogP contribution in [0.25, 0.3) is 0 Å². The normalized spacial score (nSPS) is 23.2. The van der Waals surface area contributed by atoms with Crippen LogP contribution in [0.15, 0.2) is 42.5 Å². The lowest BCUT2D eigenvalue weighted by Crippen LogP contribution is -2.52. The van der Waals surface area contributed by atoms with Crippen molar-refractivity contribution in [2.75, 3.05) is 5.75 Å². The number of hydrogen-bond acceptors (Lipinski definition) is 4. The Hall–Kier alpha value is -2.43. The van der Waals surface area contributed by atoms with E-state index in [1.165, 1.54) is 0 Å². The van der Waals surface area contributed by atoms with E-state index in [0.717, 1.165) is 24.5 Å². The minimum Gasteiger partial charge on any atom is -0.336 e. The van der Waals surface area contributed by atoms with Gasteiger partial charge in [-0.2, -0.15) is 0 Å². The van der Waals surface area contributed by atoms with Crippen molar-refractivity contribution in [1.29, 1.82) is 0 Å². The molecule has 1 amide bonds. The number of rotatable bonds is 8. The topological polar surface area (TPSA) is 92.5 Å². The zero-order chi connectivity index (χ0) is 24.5. The third kappa shape index (κ3) is 5.61. The standard InChI is InChI=1S/C24H28F3N3O3S/c25-20-12-22(27)21(26)10-16(20)11-23(28)17-8-18-6-7-19(9-17)30(18)24(31)14-34(32,33)29-13-15-4-2-1-3-5-15/h1-5,10,12,17-19,23,29H,6-9,11,13-14,28H2/t17?,18-,19?,23+/m0/s1. The summed E-state index contributed by atoms with van der Waals surface area (Å²) in [6.07, 6.45) is 2.67. The van der Waals surface area contributed by atoms with Gasteiger partial charge in [-0.15, -0.1) is 0 Å². The number of carbonyl (C=O) groups excluding carboxylic acids is 1. The fourth-order valence-electron chi connectivity index (χ4n) is 5.19. The predicted octanol–water partition coefficient (Wildman–Crippen LogP) is 2.86. The first-order valence-electron chi connectivity index (χ1n) is 11.3. The average Bonchev–Trinajstić information content (AvgIpc) is 3.06. The van der Waals surface area contributed by atoms with E-state index >= 15 is 0 Å². The van der Waals surface area contributed by atoms with Crippen LogP contribution >= 0.6 is 0 Å². The first kappa shape index (κ1) is 24.7. The second-order valence-corrected chi connectivity index (χ2v) is 11.0. The quantitative estimate of drug-likeness (QED) is 0.551. The molecule has 2 unspecified atom stereocenters. The lowest BCUT2D eigenvalue weighted by atomic mass is 9.82. The van der Waals surface area contributed by atoms with Crippen LogP contribution in [-0.2, 0) is 27.8 Å². The van der Waals surface area contributed by atoms with E-state index in [2.05, 4.69) is 4.72 Å². The first-order valence-corrected chi connectivity index (χ1v) is 13.0.